The Morgan fingerprint density at radius 2 is 1.80 bits per heavy atom. The lowest BCUT2D eigenvalue weighted by Crippen LogP contribution is -1.92. The Morgan fingerprint density at radius 3 is 2.55 bits per heavy atom. The minimum atomic E-state index is -0.949. The highest BCUT2D eigenvalue weighted by molar-refractivity contribution is 6.31. The molecule has 3 aromatic rings. The molecule has 1 heterocycles. The van der Waals surface area contributed by atoms with E-state index in [9.17, 15) is 13.2 Å². The van der Waals surface area contributed by atoms with Gasteiger partial charge in [0.2, 0.25) is 0 Å². The molecule has 0 fully saturated rings. The third kappa shape index (κ3) is 2.36. The molecular weight excluding hydrogens is 289 g/mol. The zero-order chi connectivity index (χ0) is 14.3. The van der Waals surface area contributed by atoms with Gasteiger partial charge in [-0.25, -0.2) is 18.2 Å². The number of H-pyrrole nitrogens is 1. The summed E-state index contributed by atoms with van der Waals surface area (Å²) in [6, 6.07) is 6.12. The monoisotopic (exact) mass is 296 g/mol. The van der Waals surface area contributed by atoms with Gasteiger partial charge in [0.15, 0.2) is 11.6 Å². The highest BCUT2D eigenvalue weighted by Gasteiger charge is 2.10. The van der Waals surface area contributed by atoms with Crippen molar-refractivity contribution in [1.82, 2.24) is 9.97 Å². The van der Waals surface area contributed by atoms with Gasteiger partial charge in [0, 0.05) is 23.6 Å². The minimum absolute atomic E-state index is 0.280. The van der Waals surface area contributed by atoms with Gasteiger partial charge in [0.25, 0.3) is 0 Å². The number of hydrogen-bond acceptors (Lipinski definition) is 1. The maximum absolute atomic E-state index is 13.1. The zero-order valence-corrected chi connectivity index (χ0v) is 10.8. The second kappa shape index (κ2) is 4.83. The van der Waals surface area contributed by atoms with Crippen molar-refractivity contribution in [3.63, 3.8) is 0 Å². The molecule has 0 aliphatic carbocycles. The van der Waals surface area contributed by atoms with Gasteiger partial charge in [0.1, 0.15) is 11.6 Å². The second-order valence-corrected chi connectivity index (χ2v) is 4.79. The van der Waals surface area contributed by atoms with E-state index in [4.69, 9.17) is 11.6 Å². The summed E-state index contributed by atoms with van der Waals surface area (Å²) < 4.78 is 39.2. The normalized spacial score (nSPS) is 11.2. The lowest BCUT2D eigenvalue weighted by molar-refractivity contribution is 0.510. The standard InChI is InChI=1S/C14H8ClF3N2/c15-9-4-8(16)2-1-7(9)3-14-19-12-5-10(17)11(18)6-13(12)20-14/h1-2,4-6H,3H2,(H,19,20). The minimum Gasteiger partial charge on any atom is -0.342 e. The number of benzene rings is 2. The third-order valence-corrected chi connectivity index (χ3v) is 3.30. The molecule has 2 aromatic carbocycles. The molecule has 0 bridgehead atoms. The van der Waals surface area contributed by atoms with Gasteiger partial charge < -0.3 is 4.98 Å². The highest BCUT2D eigenvalue weighted by atomic mass is 35.5. The van der Waals surface area contributed by atoms with Crippen molar-refractivity contribution in [2.75, 3.05) is 0 Å². The van der Waals surface area contributed by atoms with E-state index >= 15 is 0 Å². The number of nitrogens with zero attached hydrogens (tertiary/aromatic N) is 1. The molecule has 0 aliphatic rings. The van der Waals surface area contributed by atoms with E-state index in [1.165, 1.54) is 12.1 Å². The number of aromatic amines is 1. The van der Waals surface area contributed by atoms with Crippen molar-refractivity contribution in [3.8, 4) is 0 Å². The number of imidazole rings is 1. The fourth-order valence-corrected chi connectivity index (χ4v) is 2.22. The van der Waals surface area contributed by atoms with Crippen LogP contribution >= 0.6 is 11.6 Å². The van der Waals surface area contributed by atoms with Crippen LogP contribution in [0, 0.1) is 17.5 Å². The van der Waals surface area contributed by atoms with Crippen LogP contribution in [-0.2, 0) is 6.42 Å². The molecule has 102 valence electrons. The first-order chi connectivity index (χ1) is 9.52. The Bertz CT molecular complexity index is 759. The van der Waals surface area contributed by atoms with Crippen LogP contribution in [0.15, 0.2) is 30.3 Å². The van der Waals surface area contributed by atoms with Crippen molar-refractivity contribution in [1.29, 1.82) is 0 Å². The maximum Gasteiger partial charge on any atom is 0.161 e. The Kier molecular flexibility index (Phi) is 3.14. The van der Waals surface area contributed by atoms with Crippen LogP contribution in [0.2, 0.25) is 5.02 Å². The van der Waals surface area contributed by atoms with Gasteiger partial charge in [-0.15, -0.1) is 0 Å². The summed E-state index contributed by atoms with van der Waals surface area (Å²) in [5.41, 5.74) is 1.40. The van der Waals surface area contributed by atoms with Crippen LogP contribution in [0.5, 0.6) is 0 Å². The number of halogens is 4. The van der Waals surface area contributed by atoms with E-state index in [1.54, 1.807) is 6.07 Å². The maximum atomic E-state index is 13.1. The smallest absolute Gasteiger partial charge is 0.161 e. The molecule has 0 radical (unpaired) electrons. The number of fused-ring (bicyclic) bond motifs is 1. The average Bonchev–Trinajstić information content (AvgIpc) is 2.75. The first-order valence-corrected chi connectivity index (χ1v) is 6.18. The van der Waals surface area contributed by atoms with Gasteiger partial charge >= 0.3 is 0 Å². The van der Waals surface area contributed by atoms with E-state index < -0.39 is 17.5 Å². The summed E-state index contributed by atoms with van der Waals surface area (Å²) >= 11 is 5.93. The first kappa shape index (κ1) is 13.0. The van der Waals surface area contributed by atoms with Crippen LogP contribution in [0.3, 0.4) is 0 Å². The van der Waals surface area contributed by atoms with Crippen molar-refractivity contribution in [3.05, 3.63) is 64.2 Å². The summed E-state index contributed by atoms with van der Waals surface area (Å²) in [5.74, 6) is -1.81. The topological polar surface area (TPSA) is 28.7 Å². The average molecular weight is 297 g/mol. The highest BCUT2D eigenvalue weighted by Crippen LogP contribution is 2.22. The van der Waals surface area contributed by atoms with Crippen molar-refractivity contribution < 1.29 is 13.2 Å². The number of rotatable bonds is 2. The third-order valence-electron chi connectivity index (χ3n) is 2.95. The largest absolute Gasteiger partial charge is 0.342 e. The van der Waals surface area contributed by atoms with Crippen LogP contribution in [0.4, 0.5) is 13.2 Å². The Labute approximate surface area is 117 Å². The van der Waals surface area contributed by atoms with E-state index in [1.807, 2.05) is 0 Å². The van der Waals surface area contributed by atoms with Crippen molar-refractivity contribution in [2.24, 2.45) is 0 Å². The number of aromatic nitrogens is 2. The quantitative estimate of drug-likeness (QED) is 0.753. The molecule has 3 rings (SSSR count). The molecule has 0 spiro atoms. The molecule has 6 heteroatoms. The Morgan fingerprint density at radius 1 is 1.05 bits per heavy atom. The SMILES string of the molecule is Fc1ccc(Cc2nc3cc(F)c(F)cc3[nH]2)c(Cl)c1. The number of hydrogen-bond donors (Lipinski definition) is 1. The molecule has 0 unspecified atom stereocenters. The van der Waals surface area contributed by atoms with Crippen molar-refractivity contribution in [2.45, 2.75) is 6.42 Å². The Balaban J connectivity index is 1.98. The molecule has 0 amide bonds. The second-order valence-electron chi connectivity index (χ2n) is 4.38. The lowest BCUT2D eigenvalue weighted by Gasteiger charge is -2.01. The van der Waals surface area contributed by atoms with Crippen LogP contribution < -0.4 is 0 Å². The molecule has 1 N–H and O–H groups in total. The summed E-state index contributed by atoms with van der Waals surface area (Å²) in [6.45, 7) is 0. The fraction of sp³-hybridized carbons (Fsp3) is 0.0714. The summed E-state index contributed by atoms with van der Waals surface area (Å²) in [4.78, 5) is 7.04. The van der Waals surface area contributed by atoms with Gasteiger partial charge in [-0.1, -0.05) is 17.7 Å². The van der Waals surface area contributed by atoms with Gasteiger partial charge in [-0.05, 0) is 17.7 Å². The van der Waals surface area contributed by atoms with Gasteiger partial charge in [-0.3, -0.25) is 0 Å². The van der Waals surface area contributed by atoms with Gasteiger partial charge in [-0.2, -0.15) is 0 Å². The molecular formula is C14H8ClF3N2. The van der Waals surface area contributed by atoms with Crippen LogP contribution in [0.1, 0.15) is 11.4 Å². The predicted octanol–water partition coefficient (Wildman–Crippen LogP) is 4.22. The van der Waals surface area contributed by atoms with Crippen LogP contribution in [0.25, 0.3) is 11.0 Å². The summed E-state index contributed by atoms with van der Waals surface area (Å²) in [7, 11) is 0. The molecule has 20 heavy (non-hydrogen) atoms. The molecule has 0 saturated carbocycles. The van der Waals surface area contributed by atoms with Crippen molar-refractivity contribution >= 4 is 22.6 Å². The number of nitrogens with one attached hydrogen (secondary N) is 1. The fourth-order valence-electron chi connectivity index (χ4n) is 1.99. The first-order valence-electron chi connectivity index (χ1n) is 5.80. The molecule has 0 atom stereocenters. The molecule has 0 aliphatic heterocycles. The van der Waals surface area contributed by atoms with Gasteiger partial charge in [0.05, 0.1) is 11.0 Å². The van der Waals surface area contributed by atoms with E-state index in [0.29, 0.717) is 28.8 Å². The van der Waals surface area contributed by atoms with E-state index in [-0.39, 0.29) is 5.02 Å². The van der Waals surface area contributed by atoms with E-state index in [0.717, 1.165) is 12.1 Å². The predicted molar refractivity (Wildman–Crippen MR) is 70.2 cm³/mol. The molecule has 2 nitrogen and oxygen atoms in total. The molecule has 1 aromatic heterocycles. The zero-order valence-electron chi connectivity index (χ0n) is 10.1. The Hall–Kier alpha value is -2.01. The van der Waals surface area contributed by atoms with Crippen LogP contribution in [-0.4, -0.2) is 9.97 Å². The summed E-state index contributed by atoms with van der Waals surface area (Å²) in [6.07, 6.45) is 0.316. The lowest BCUT2D eigenvalue weighted by atomic mass is 10.1. The van der Waals surface area contributed by atoms with E-state index in [2.05, 4.69) is 9.97 Å². The molecule has 0 saturated heterocycles. The summed E-state index contributed by atoms with van der Waals surface area (Å²) in [5, 5.41) is 0.280.